The van der Waals surface area contributed by atoms with Crippen molar-refractivity contribution in [2.75, 3.05) is 18.0 Å². The minimum absolute atomic E-state index is 0.00355. The molecule has 4 rings (SSSR count). The fraction of sp³-hybridized carbons (Fsp3) is 0.333. The van der Waals surface area contributed by atoms with Crippen LogP contribution in [0.4, 0.5) is 10.1 Å². The first-order valence-electron chi connectivity index (χ1n) is 13.2. The number of para-hydroxylation sites is 1. The molecule has 0 bridgehead atoms. The fourth-order valence-corrected chi connectivity index (χ4v) is 6.17. The molecule has 0 aliphatic heterocycles. The topological polar surface area (TPSA) is 96.0 Å². The number of hydrogen-bond donors (Lipinski definition) is 1. The Morgan fingerprint density at radius 1 is 0.975 bits per heavy atom. The molecule has 1 aliphatic rings. The van der Waals surface area contributed by atoms with E-state index in [1.807, 2.05) is 0 Å². The monoisotopic (exact) mass is 567 g/mol. The highest BCUT2D eigenvalue weighted by Crippen LogP contribution is 2.26. The zero-order valence-electron chi connectivity index (χ0n) is 22.6. The Balaban J connectivity index is 1.66. The number of hydrogen-bond acceptors (Lipinski definition) is 5. The van der Waals surface area contributed by atoms with Gasteiger partial charge in [0.15, 0.2) is 0 Å². The van der Waals surface area contributed by atoms with Gasteiger partial charge in [-0.3, -0.25) is 13.9 Å². The van der Waals surface area contributed by atoms with Gasteiger partial charge in [0.2, 0.25) is 11.8 Å². The van der Waals surface area contributed by atoms with Crippen LogP contribution < -0.4 is 14.4 Å². The van der Waals surface area contributed by atoms with E-state index in [1.165, 1.54) is 48.4 Å². The summed E-state index contributed by atoms with van der Waals surface area (Å²) in [6, 6.07) is 19.1. The number of carbonyl (C=O) groups excluding carboxylic acids is 2. The Labute approximate surface area is 234 Å². The fourth-order valence-electron chi connectivity index (χ4n) is 4.76. The van der Waals surface area contributed by atoms with Crippen LogP contribution in [-0.4, -0.2) is 50.9 Å². The number of ether oxygens (including phenoxy) is 1. The molecule has 1 fully saturated rings. The molecule has 3 aromatic carbocycles. The normalized spacial score (nSPS) is 14.4. The van der Waals surface area contributed by atoms with E-state index in [1.54, 1.807) is 49.4 Å². The zero-order chi connectivity index (χ0) is 28.7. The van der Waals surface area contributed by atoms with Crippen molar-refractivity contribution in [3.8, 4) is 5.75 Å². The maximum atomic E-state index is 13.9. The Morgan fingerprint density at radius 2 is 1.60 bits per heavy atom. The van der Waals surface area contributed by atoms with Crippen molar-refractivity contribution in [1.29, 1.82) is 0 Å². The summed E-state index contributed by atoms with van der Waals surface area (Å²) in [5.74, 6) is -0.811. The summed E-state index contributed by atoms with van der Waals surface area (Å²) in [6.45, 7) is 1.08. The van der Waals surface area contributed by atoms with Crippen LogP contribution in [0.3, 0.4) is 0 Å². The van der Waals surface area contributed by atoms with Crippen molar-refractivity contribution in [2.24, 2.45) is 0 Å². The molecule has 3 aromatic rings. The summed E-state index contributed by atoms with van der Waals surface area (Å²) in [7, 11) is -2.69. The highest BCUT2D eigenvalue weighted by molar-refractivity contribution is 7.92. The van der Waals surface area contributed by atoms with Gasteiger partial charge in [0, 0.05) is 12.6 Å². The number of nitrogens with zero attached hydrogens (tertiary/aromatic N) is 2. The zero-order valence-corrected chi connectivity index (χ0v) is 23.4. The van der Waals surface area contributed by atoms with Gasteiger partial charge in [-0.15, -0.1) is 0 Å². The Bertz CT molecular complexity index is 1390. The number of halogens is 1. The van der Waals surface area contributed by atoms with Crippen LogP contribution >= 0.6 is 0 Å². The van der Waals surface area contributed by atoms with E-state index in [0.717, 1.165) is 30.0 Å². The second-order valence-electron chi connectivity index (χ2n) is 9.84. The van der Waals surface area contributed by atoms with Gasteiger partial charge in [-0.2, -0.15) is 0 Å². The first kappa shape index (κ1) is 29.1. The first-order valence-corrected chi connectivity index (χ1v) is 14.7. The van der Waals surface area contributed by atoms with E-state index >= 15 is 0 Å². The predicted octanol–water partition coefficient (Wildman–Crippen LogP) is 4.51. The van der Waals surface area contributed by atoms with Gasteiger partial charge in [0.1, 0.15) is 24.2 Å². The van der Waals surface area contributed by atoms with Crippen molar-refractivity contribution < 1.29 is 27.1 Å². The number of rotatable bonds is 11. The molecule has 1 N–H and O–H groups in total. The number of methoxy groups -OCH3 is 1. The van der Waals surface area contributed by atoms with Crippen LogP contribution in [0.25, 0.3) is 0 Å². The van der Waals surface area contributed by atoms with Crippen molar-refractivity contribution in [3.63, 3.8) is 0 Å². The second-order valence-corrected chi connectivity index (χ2v) is 11.7. The van der Waals surface area contributed by atoms with Gasteiger partial charge < -0.3 is 15.0 Å². The van der Waals surface area contributed by atoms with Gasteiger partial charge >= 0.3 is 0 Å². The van der Waals surface area contributed by atoms with E-state index in [-0.39, 0.29) is 23.4 Å². The number of benzene rings is 3. The average Bonchev–Trinajstić information content (AvgIpc) is 3.48. The summed E-state index contributed by atoms with van der Waals surface area (Å²) in [6.07, 6.45) is 3.83. The summed E-state index contributed by atoms with van der Waals surface area (Å²) < 4.78 is 47.4. The van der Waals surface area contributed by atoms with Gasteiger partial charge in [-0.05, 0) is 73.9 Å². The van der Waals surface area contributed by atoms with E-state index in [4.69, 9.17) is 4.74 Å². The summed E-state index contributed by atoms with van der Waals surface area (Å²) >= 11 is 0. The van der Waals surface area contributed by atoms with Gasteiger partial charge in [-0.25, -0.2) is 12.8 Å². The third kappa shape index (κ3) is 6.98. The molecular formula is C30H34FN3O5S. The molecule has 1 atom stereocenters. The van der Waals surface area contributed by atoms with Gasteiger partial charge in [0.05, 0.1) is 17.7 Å². The second kappa shape index (κ2) is 13.0. The van der Waals surface area contributed by atoms with E-state index in [0.29, 0.717) is 17.0 Å². The van der Waals surface area contributed by atoms with Crippen LogP contribution in [-0.2, 0) is 26.2 Å². The van der Waals surface area contributed by atoms with Crippen molar-refractivity contribution >= 4 is 27.5 Å². The van der Waals surface area contributed by atoms with Crippen LogP contribution in [0, 0.1) is 5.82 Å². The SMILES string of the molecule is COc1ccc(S(=O)(=O)N(CC(=O)N(Cc2ccc(F)cc2)[C@@H](C)C(=O)NC2CCCC2)c2ccccc2)cc1. The van der Waals surface area contributed by atoms with E-state index in [9.17, 15) is 22.4 Å². The van der Waals surface area contributed by atoms with Crippen molar-refractivity contribution in [3.05, 3.63) is 90.2 Å². The number of amides is 2. The average molecular weight is 568 g/mol. The highest BCUT2D eigenvalue weighted by Gasteiger charge is 2.33. The summed E-state index contributed by atoms with van der Waals surface area (Å²) in [5.41, 5.74) is 0.913. The van der Waals surface area contributed by atoms with E-state index in [2.05, 4.69) is 5.32 Å². The first-order chi connectivity index (χ1) is 19.2. The molecule has 0 aromatic heterocycles. The summed E-state index contributed by atoms with van der Waals surface area (Å²) in [5, 5.41) is 3.02. The molecule has 8 nitrogen and oxygen atoms in total. The Hall–Kier alpha value is -3.92. The molecule has 10 heteroatoms. The molecule has 1 saturated carbocycles. The van der Waals surface area contributed by atoms with Gasteiger partial charge in [0.25, 0.3) is 10.0 Å². The smallest absolute Gasteiger partial charge is 0.264 e. The molecule has 40 heavy (non-hydrogen) atoms. The standard InChI is InChI=1S/C30H34FN3O5S/c1-22(30(36)32-25-8-6-7-9-25)33(20-23-12-14-24(31)15-13-23)29(35)21-34(26-10-4-3-5-11-26)40(37,38)28-18-16-27(39-2)17-19-28/h3-5,10-19,22,25H,6-9,20-21H2,1-2H3,(H,32,36)/t22-/m0/s1. The maximum Gasteiger partial charge on any atom is 0.264 e. The molecule has 0 unspecified atom stereocenters. The number of sulfonamides is 1. The lowest BCUT2D eigenvalue weighted by atomic mass is 10.1. The molecule has 2 amide bonds. The van der Waals surface area contributed by atoms with Crippen LogP contribution in [0.2, 0.25) is 0 Å². The Kier molecular flexibility index (Phi) is 9.42. The molecular weight excluding hydrogens is 533 g/mol. The minimum Gasteiger partial charge on any atom is -0.497 e. The van der Waals surface area contributed by atoms with Crippen molar-refractivity contribution in [2.45, 2.75) is 56.1 Å². The number of nitrogens with one attached hydrogen (secondary N) is 1. The van der Waals surface area contributed by atoms with E-state index < -0.39 is 34.3 Å². The van der Waals surface area contributed by atoms with Crippen molar-refractivity contribution in [1.82, 2.24) is 10.2 Å². The lowest BCUT2D eigenvalue weighted by molar-refractivity contribution is -0.139. The minimum atomic E-state index is -4.17. The molecule has 0 heterocycles. The maximum absolute atomic E-state index is 13.9. The predicted molar refractivity (Wildman–Crippen MR) is 151 cm³/mol. The third-order valence-corrected chi connectivity index (χ3v) is 8.89. The molecule has 0 saturated heterocycles. The summed E-state index contributed by atoms with van der Waals surface area (Å²) in [4.78, 5) is 28.5. The van der Waals surface area contributed by atoms with Crippen LogP contribution in [0.5, 0.6) is 5.75 Å². The lowest BCUT2D eigenvalue weighted by Crippen LogP contribution is -2.52. The lowest BCUT2D eigenvalue weighted by Gasteiger charge is -2.32. The Morgan fingerprint density at radius 3 is 2.20 bits per heavy atom. The molecule has 212 valence electrons. The van der Waals surface area contributed by atoms with Crippen LogP contribution in [0.15, 0.2) is 83.8 Å². The third-order valence-electron chi connectivity index (χ3n) is 7.11. The molecule has 0 radical (unpaired) electrons. The largest absolute Gasteiger partial charge is 0.497 e. The molecule has 1 aliphatic carbocycles. The quantitative estimate of drug-likeness (QED) is 0.368. The van der Waals surface area contributed by atoms with Crippen LogP contribution in [0.1, 0.15) is 38.2 Å². The number of anilines is 1. The highest BCUT2D eigenvalue weighted by atomic mass is 32.2. The molecule has 0 spiro atoms. The van der Waals surface area contributed by atoms with Gasteiger partial charge in [-0.1, -0.05) is 43.2 Å². The number of carbonyl (C=O) groups is 2.